The Balaban J connectivity index is 1.71. The SMILES string of the molecule is COC(=O)c1c(N)cccc1OCC1CC2CCC1C2. The van der Waals surface area contributed by atoms with Crippen LogP contribution in [0.5, 0.6) is 5.75 Å². The van der Waals surface area contributed by atoms with E-state index in [1.807, 2.05) is 0 Å². The summed E-state index contributed by atoms with van der Waals surface area (Å²) in [6.07, 6.45) is 5.34. The molecular formula is C16H21NO3. The van der Waals surface area contributed by atoms with Crippen LogP contribution in [-0.2, 0) is 4.74 Å². The second kappa shape index (κ2) is 5.35. The molecule has 0 saturated heterocycles. The fraction of sp³-hybridized carbons (Fsp3) is 0.562. The molecule has 1 aromatic rings. The molecule has 2 saturated carbocycles. The van der Waals surface area contributed by atoms with E-state index in [0.717, 1.165) is 11.8 Å². The van der Waals surface area contributed by atoms with E-state index in [4.69, 9.17) is 15.2 Å². The molecule has 3 rings (SSSR count). The number of carbonyl (C=O) groups excluding carboxylic acids is 1. The first-order valence-electron chi connectivity index (χ1n) is 7.28. The van der Waals surface area contributed by atoms with E-state index in [0.29, 0.717) is 29.5 Å². The van der Waals surface area contributed by atoms with Crippen LogP contribution in [0.1, 0.15) is 36.0 Å². The molecule has 4 nitrogen and oxygen atoms in total. The van der Waals surface area contributed by atoms with Gasteiger partial charge in [-0.2, -0.15) is 0 Å². The largest absolute Gasteiger partial charge is 0.492 e. The van der Waals surface area contributed by atoms with Gasteiger partial charge in [-0.15, -0.1) is 0 Å². The van der Waals surface area contributed by atoms with E-state index >= 15 is 0 Å². The molecule has 3 atom stereocenters. The van der Waals surface area contributed by atoms with Crippen molar-refractivity contribution in [1.82, 2.24) is 0 Å². The van der Waals surface area contributed by atoms with E-state index in [1.165, 1.54) is 32.8 Å². The Bertz CT molecular complexity index is 514. The number of fused-ring (bicyclic) bond motifs is 2. The lowest BCUT2D eigenvalue weighted by Crippen LogP contribution is -2.19. The maximum Gasteiger partial charge on any atom is 0.343 e. The lowest BCUT2D eigenvalue weighted by atomic mass is 9.89. The number of nitrogens with two attached hydrogens (primary N) is 1. The minimum Gasteiger partial charge on any atom is -0.492 e. The van der Waals surface area contributed by atoms with Crippen LogP contribution in [0, 0.1) is 17.8 Å². The molecule has 0 spiro atoms. The van der Waals surface area contributed by atoms with E-state index in [1.54, 1.807) is 18.2 Å². The number of ether oxygens (including phenoxy) is 2. The molecule has 4 heteroatoms. The van der Waals surface area contributed by atoms with Crippen LogP contribution in [-0.4, -0.2) is 19.7 Å². The van der Waals surface area contributed by atoms with Crippen molar-refractivity contribution >= 4 is 11.7 Å². The minimum atomic E-state index is -0.439. The van der Waals surface area contributed by atoms with Gasteiger partial charge < -0.3 is 15.2 Å². The van der Waals surface area contributed by atoms with Gasteiger partial charge in [0, 0.05) is 5.69 Å². The summed E-state index contributed by atoms with van der Waals surface area (Å²) in [5.74, 6) is 2.43. The molecule has 2 N–H and O–H groups in total. The summed E-state index contributed by atoms with van der Waals surface area (Å²) in [6, 6.07) is 5.28. The molecule has 0 amide bonds. The minimum absolute atomic E-state index is 0.346. The monoisotopic (exact) mass is 275 g/mol. The normalized spacial score (nSPS) is 27.6. The summed E-state index contributed by atoms with van der Waals surface area (Å²) in [4.78, 5) is 11.8. The molecular weight excluding hydrogens is 254 g/mol. The van der Waals surface area contributed by atoms with E-state index in [-0.39, 0.29) is 0 Å². The van der Waals surface area contributed by atoms with Gasteiger partial charge in [-0.1, -0.05) is 12.5 Å². The number of carbonyl (C=O) groups is 1. The fourth-order valence-corrected chi connectivity index (χ4v) is 3.77. The quantitative estimate of drug-likeness (QED) is 0.678. The standard InChI is InChI=1S/C16H21NO3/c1-19-16(18)15-13(17)3-2-4-14(15)20-9-12-8-10-5-6-11(12)7-10/h2-4,10-12H,5-9,17H2,1H3. The predicted octanol–water partition coefficient (Wildman–Crippen LogP) is 2.87. The van der Waals surface area contributed by atoms with Crippen molar-refractivity contribution in [2.75, 3.05) is 19.5 Å². The van der Waals surface area contributed by atoms with Crippen molar-refractivity contribution in [1.29, 1.82) is 0 Å². The van der Waals surface area contributed by atoms with E-state index in [2.05, 4.69) is 0 Å². The van der Waals surface area contributed by atoms with Crippen LogP contribution in [0.25, 0.3) is 0 Å². The molecule has 2 aliphatic rings. The van der Waals surface area contributed by atoms with Crippen LogP contribution in [0.2, 0.25) is 0 Å². The Morgan fingerprint density at radius 1 is 1.35 bits per heavy atom. The number of nitrogen functional groups attached to an aromatic ring is 1. The summed E-state index contributed by atoms with van der Waals surface area (Å²) >= 11 is 0. The van der Waals surface area contributed by atoms with Crippen LogP contribution in [0.3, 0.4) is 0 Å². The maximum atomic E-state index is 11.8. The highest BCUT2D eigenvalue weighted by molar-refractivity contribution is 5.98. The maximum absolute atomic E-state index is 11.8. The number of rotatable bonds is 4. The summed E-state index contributed by atoms with van der Waals surface area (Å²) < 4.78 is 10.7. The Kier molecular flexibility index (Phi) is 3.55. The van der Waals surface area contributed by atoms with Crippen LogP contribution in [0.4, 0.5) is 5.69 Å². The van der Waals surface area contributed by atoms with Gasteiger partial charge in [0.05, 0.1) is 13.7 Å². The zero-order chi connectivity index (χ0) is 14.1. The number of esters is 1. The molecule has 2 bridgehead atoms. The number of benzene rings is 1. The number of anilines is 1. The average molecular weight is 275 g/mol. The third-order valence-electron chi connectivity index (χ3n) is 4.79. The molecule has 0 aromatic heterocycles. The Morgan fingerprint density at radius 2 is 2.20 bits per heavy atom. The molecule has 3 unspecified atom stereocenters. The first kappa shape index (κ1) is 13.3. The van der Waals surface area contributed by atoms with E-state index < -0.39 is 5.97 Å². The van der Waals surface area contributed by atoms with Crippen LogP contribution in [0.15, 0.2) is 18.2 Å². The Hall–Kier alpha value is -1.71. The van der Waals surface area contributed by atoms with Crippen molar-refractivity contribution in [2.24, 2.45) is 17.8 Å². The fourth-order valence-electron chi connectivity index (χ4n) is 3.77. The predicted molar refractivity (Wildman–Crippen MR) is 76.6 cm³/mol. The lowest BCUT2D eigenvalue weighted by Gasteiger charge is -2.22. The molecule has 1 aromatic carbocycles. The molecule has 0 radical (unpaired) electrons. The second-order valence-electron chi connectivity index (χ2n) is 5.96. The zero-order valence-electron chi connectivity index (χ0n) is 11.8. The highest BCUT2D eigenvalue weighted by Gasteiger charge is 2.39. The third kappa shape index (κ3) is 2.35. The van der Waals surface area contributed by atoms with E-state index in [9.17, 15) is 4.79 Å². The first-order chi connectivity index (χ1) is 9.69. The summed E-state index contributed by atoms with van der Waals surface area (Å²) in [6.45, 7) is 0.675. The number of hydrogen-bond donors (Lipinski definition) is 1. The third-order valence-corrected chi connectivity index (χ3v) is 4.79. The molecule has 2 fully saturated rings. The van der Waals surface area contributed by atoms with Gasteiger partial charge >= 0.3 is 5.97 Å². The number of hydrogen-bond acceptors (Lipinski definition) is 4. The smallest absolute Gasteiger partial charge is 0.343 e. The van der Waals surface area contributed by atoms with Crippen molar-refractivity contribution in [3.63, 3.8) is 0 Å². The number of methoxy groups -OCH3 is 1. The van der Waals surface area contributed by atoms with Crippen molar-refractivity contribution < 1.29 is 14.3 Å². The summed E-state index contributed by atoms with van der Waals surface area (Å²) in [7, 11) is 1.36. The van der Waals surface area contributed by atoms with Crippen LogP contribution < -0.4 is 10.5 Å². The lowest BCUT2D eigenvalue weighted by molar-refractivity contribution is 0.0595. The van der Waals surface area contributed by atoms with Crippen LogP contribution >= 0.6 is 0 Å². The van der Waals surface area contributed by atoms with Gasteiger partial charge in [-0.25, -0.2) is 4.79 Å². The van der Waals surface area contributed by atoms with Crippen molar-refractivity contribution in [2.45, 2.75) is 25.7 Å². The highest BCUT2D eigenvalue weighted by Crippen LogP contribution is 2.48. The molecule has 0 aliphatic heterocycles. The summed E-state index contributed by atoms with van der Waals surface area (Å²) in [5.41, 5.74) is 6.61. The molecule has 0 heterocycles. The Morgan fingerprint density at radius 3 is 2.85 bits per heavy atom. The van der Waals surface area contributed by atoms with Crippen molar-refractivity contribution in [3.8, 4) is 5.75 Å². The highest BCUT2D eigenvalue weighted by atomic mass is 16.5. The van der Waals surface area contributed by atoms with Gasteiger partial charge in [-0.05, 0) is 49.1 Å². The van der Waals surface area contributed by atoms with Gasteiger partial charge in [0.2, 0.25) is 0 Å². The molecule has 20 heavy (non-hydrogen) atoms. The zero-order valence-corrected chi connectivity index (χ0v) is 11.8. The topological polar surface area (TPSA) is 61.5 Å². The van der Waals surface area contributed by atoms with Gasteiger partial charge in [0.1, 0.15) is 11.3 Å². The van der Waals surface area contributed by atoms with Crippen molar-refractivity contribution in [3.05, 3.63) is 23.8 Å². The second-order valence-corrected chi connectivity index (χ2v) is 5.96. The average Bonchev–Trinajstić information content (AvgIpc) is 3.07. The summed E-state index contributed by atoms with van der Waals surface area (Å²) in [5, 5.41) is 0. The first-order valence-corrected chi connectivity index (χ1v) is 7.28. The van der Waals surface area contributed by atoms with Gasteiger partial charge in [-0.3, -0.25) is 0 Å². The van der Waals surface area contributed by atoms with Gasteiger partial charge in [0.25, 0.3) is 0 Å². The molecule has 2 aliphatic carbocycles. The molecule has 108 valence electrons. The van der Waals surface area contributed by atoms with Gasteiger partial charge in [0.15, 0.2) is 0 Å². The Labute approximate surface area is 119 Å².